The van der Waals surface area contributed by atoms with Crippen LogP contribution in [-0.2, 0) is 4.74 Å². The molecule has 1 amide bonds. The third-order valence-corrected chi connectivity index (χ3v) is 5.46. The fraction of sp³-hybridized carbons (Fsp3) is 0.192. The van der Waals surface area contributed by atoms with Gasteiger partial charge in [0.05, 0.1) is 0 Å². The van der Waals surface area contributed by atoms with Crippen LogP contribution in [0.4, 0.5) is 10.5 Å². The zero-order valence-corrected chi connectivity index (χ0v) is 17.1. The van der Waals surface area contributed by atoms with E-state index < -0.39 is 0 Å². The highest BCUT2D eigenvalue weighted by Crippen LogP contribution is 2.44. The minimum absolute atomic E-state index is 0.0764. The maximum atomic E-state index is 12.2. The molecule has 0 spiro atoms. The van der Waals surface area contributed by atoms with E-state index in [1.54, 1.807) is 0 Å². The van der Waals surface area contributed by atoms with Crippen molar-refractivity contribution in [3.8, 4) is 11.1 Å². The second-order valence-electron chi connectivity index (χ2n) is 7.58. The molecule has 4 heteroatoms. The molecule has 0 heterocycles. The summed E-state index contributed by atoms with van der Waals surface area (Å²) in [5.41, 5.74) is 13.8. The van der Waals surface area contributed by atoms with Gasteiger partial charge in [0, 0.05) is 18.2 Å². The average Bonchev–Trinajstić information content (AvgIpc) is 3.07. The largest absolute Gasteiger partial charge is 0.449 e. The quantitative estimate of drug-likeness (QED) is 0.424. The van der Waals surface area contributed by atoms with Crippen molar-refractivity contribution in [3.63, 3.8) is 0 Å². The molecule has 0 aromatic heterocycles. The smallest absolute Gasteiger partial charge is 0.407 e. The standard InChI is InChI=1S/C26H26N2O2/c1-18-13-14-19(25(27)16-18)8-6-7-15-28-26(29)30-17-24-22-11-4-2-9-20(22)21-10-3-5-12-23(21)24/h2-6,8-14,16,24H,7,15,17,27H2,1H3,(H,28,29). The minimum Gasteiger partial charge on any atom is -0.449 e. The molecule has 3 N–H and O–H groups in total. The lowest BCUT2D eigenvalue weighted by Gasteiger charge is -2.14. The lowest BCUT2D eigenvalue weighted by molar-refractivity contribution is 0.143. The van der Waals surface area contributed by atoms with E-state index in [0.29, 0.717) is 19.6 Å². The van der Waals surface area contributed by atoms with Crippen molar-refractivity contribution in [3.05, 3.63) is 95.1 Å². The van der Waals surface area contributed by atoms with Gasteiger partial charge >= 0.3 is 6.09 Å². The summed E-state index contributed by atoms with van der Waals surface area (Å²) in [5.74, 6) is 0.0764. The Morgan fingerprint density at radius 1 is 1.03 bits per heavy atom. The maximum Gasteiger partial charge on any atom is 0.407 e. The maximum absolute atomic E-state index is 12.2. The molecule has 4 nitrogen and oxygen atoms in total. The number of ether oxygens (including phenoxy) is 1. The Bertz CT molecular complexity index is 1040. The van der Waals surface area contributed by atoms with Gasteiger partial charge in [-0.05, 0) is 52.8 Å². The Morgan fingerprint density at radius 2 is 1.70 bits per heavy atom. The highest BCUT2D eigenvalue weighted by Gasteiger charge is 2.28. The lowest BCUT2D eigenvalue weighted by atomic mass is 9.98. The summed E-state index contributed by atoms with van der Waals surface area (Å²) in [7, 11) is 0. The van der Waals surface area contributed by atoms with E-state index in [1.807, 2.05) is 61.5 Å². The van der Waals surface area contributed by atoms with Gasteiger partial charge in [-0.3, -0.25) is 0 Å². The van der Waals surface area contributed by atoms with Gasteiger partial charge < -0.3 is 15.8 Å². The number of alkyl carbamates (subject to hydrolysis) is 1. The number of carbonyl (C=O) groups is 1. The summed E-state index contributed by atoms with van der Waals surface area (Å²) in [6.07, 6.45) is 4.30. The fourth-order valence-electron chi connectivity index (χ4n) is 3.96. The van der Waals surface area contributed by atoms with E-state index in [2.05, 4.69) is 29.6 Å². The van der Waals surface area contributed by atoms with Gasteiger partial charge in [-0.1, -0.05) is 72.8 Å². The molecule has 0 fully saturated rings. The van der Waals surface area contributed by atoms with Gasteiger partial charge in [-0.15, -0.1) is 0 Å². The summed E-state index contributed by atoms with van der Waals surface area (Å²) >= 11 is 0. The van der Waals surface area contributed by atoms with Crippen LogP contribution in [0.15, 0.2) is 72.8 Å². The molecule has 0 unspecified atom stereocenters. The zero-order valence-electron chi connectivity index (χ0n) is 17.1. The molecule has 3 aromatic rings. The van der Waals surface area contributed by atoms with Crippen LogP contribution >= 0.6 is 0 Å². The van der Waals surface area contributed by atoms with E-state index >= 15 is 0 Å². The number of amides is 1. The van der Waals surface area contributed by atoms with Crippen LogP contribution in [0, 0.1) is 6.92 Å². The SMILES string of the molecule is Cc1ccc(C=CCCNC(=O)OCC2c3ccccc3-c3ccccc32)c(N)c1. The Hall–Kier alpha value is -3.53. The number of anilines is 1. The van der Waals surface area contributed by atoms with Crippen LogP contribution in [0.3, 0.4) is 0 Å². The lowest BCUT2D eigenvalue weighted by Crippen LogP contribution is -2.26. The zero-order chi connectivity index (χ0) is 20.9. The molecule has 30 heavy (non-hydrogen) atoms. The van der Waals surface area contributed by atoms with E-state index in [1.165, 1.54) is 22.3 Å². The van der Waals surface area contributed by atoms with E-state index in [9.17, 15) is 4.79 Å². The summed E-state index contributed by atoms with van der Waals surface area (Å²) < 4.78 is 5.54. The van der Waals surface area contributed by atoms with Crippen LogP contribution in [-0.4, -0.2) is 19.2 Å². The molecule has 152 valence electrons. The Kier molecular flexibility index (Phi) is 5.84. The average molecular weight is 399 g/mol. The number of nitrogens with two attached hydrogens (primary N) is 1. The second kappa shape index (κ2) is 8.87. The van der Waals surface area contributed by atoms with Gasteiger partial charge in [0.2, 0.25) is 0 Å². The van der Waals surface area contributed by atoms with Crippen molar-refractivity contribution in [2.24, 2.45) is 0 Å². The summed E-state index contributed by atoms with van der Waals surface area (Å²) in [6.45, 7) is 2.86. The minimum atomic E-state index is -0.389. The topological polar surface area (TPSA) is 64.3 Å². The third kappa shape index (κ3) is 4.23. The first-order valence-corrected chi connectivity index (χ1v) is 10.2. The molecule has 0 bridgehead atoms. The van der Waals surface area contributed by atoms with Crippen molar-refractivity contribution in [1.29, 1.82) is 0 Å². The van der Waals surface area contributed by atoms with Gasteiger partial charge in [0.1, 0.15) is 6.61 Å². The van der Waals surface area contributed by atoms with Crippen LogP contribution in [0.5, 0.6) is 0 Å². The number of hydrogen-bond donors (Lipinski definition) is 2. The summed E-state index contributed by atoms with van der Waals surface area (Å²) in [4.78, 5) is 12.2. The first-order chi connectivity index (χ1) is 14.6. The van der Waals surface area contributed by atoms with Crippen molar-refractivity contribution >= 4 is 17.9 Å². The first kappa shape index (κ1) is 19.8. The number of hydrogen-bond acceptors (Lipinski definition) is 3. The van der Waals surface area contributed by atoms with Gasteiger partial charge in [0.15, 0.2) is 0 Å². The Labute approximate surface area is 177 Å². The summed E-state index contributed by atoms with van der Waals surface area (Å²) in [6, 6.07) is 22.6. The Balaban J connectivity index is 1.28. The Morgan fingerprint density at radius 3 is 2.37 bits per heavy atom. The first-order valence-electron chi connectivity index (χ1n) is 10.2. The van der Waals surface area contributed by atoms with Crippen molar-refractivity contribution in [1.82, 2.24) is 5.32 Å². The van der Waals surface area contributed by atoms with E-state index in [0.717, 1.165) is 16.8 Å². The molecule has 0 saturated heterocycles. The van der Waals surface area contributed by atoms with Crippen molar-refractivity contribution in [2.75, 3.05) is 18.9 Å². The molecular formula is C26H26N2O2. The molecule has 4 rings (SSSR count). The van der Waals surface area contributed by atoms with Gasteiger partial charge in [-0.2, -0.15) is 0 Å². The molecule has 1 aliphatic rings. The van der Waals surface area contributed by atoms with Crippen molar-refractivity contribution < 1.29 is 9.53 Å². The summed E-state index contributed by atoms with van der Waals surface area (Å²) in [5, 5.41) is 2.82. The fourth-order valence-corrected chi connectivity index (χ4v) is 3.96. The number of benzene rings is 3. The van der Waals surface area contributed by atoms with Gasteiger partial charge in [0.25, 0.3) is 0 Å². The van der Waals surface area contributed by atoms with Crippen LogP contribution in [0.2, 0.25) is 0 Å². The van der Waals surface area contributed by atoms with Crippen LogP contribution < -0.4 is 11.1 Å². The van der Waals surface area contributed by atoms with E-state index in [4.69, 9.17) is 10.5 Å². The number of nitrogen functional groups attached to an aromatic ring is 1. The normalized spacial score (nSPS) is 12.6. The van der Waals surface area contributed by atoms with Crippen molar-refractivity contribution in [2.45, 2.75) is 19.3 Å². The predicted molar refractivity (Wildman–Crippen MR) is 122 cm³/mol. The van der Waals surface area contributed by atoms with Crippen LogP contribution in [0.25, 0.3) is 17.2 Å². The monoisotopic (exact) mass is 398 g/mol. The number of aryl methyl sites for hydroxylation is 1. The molecule has 3 aromatic carbocycles. The molecule has 1 aliphatic carbocycles. The molecule has 0 aliphatic heterocycles. The molecular weight excluding hydrogens is 372 g/mol. The van der Waals surface area contributed by atoms with Crippen LogP contribution in [0.1, 0.15) is 34.6 Å². The number of fused-ring (bicyclic) bond motifs is 3. The number of rotatable bonds is 6. The molecule has 0 saturated carbocycles. The molecule has 0 radical (unpaired) electrons. The highest BCUT2D eigenvalue weighted by atomic mass is 16.5. The molecule has 0 atom stereocenters. The number of carbonyl (C=O) groups excluding carboxylic acids is 1. The predicted octanol–water partition coefficient (Wildman–Crippen LogP) is 5.52. The highest BCUT2D eigenvalue weighted by molar-refractivity contribution is 5.79. The second-order valence-corrected chi connectivity index (χ2v) is 7.58. The van der Waals surface area contributed by atoms with Gasteiger partial charge in [-0.25, -0.2) is 4.79 Å². The number of nitrogens with one attached hydrogen (secondary N) is 1. The van der Waals surface area contributed by atoms with E-state index in [-0.39, 0.29) is 12.0 Å². The third-order valence-electron chi connectivity index (χ3n) is 5.46.